The average molecular weight is 167 g/mol. The van der Waals surface area contributed by atoms with E-state index in [0.29, 0.717) is 0 Å². The minimum atomic E-state index is -0.290. The van der Waals surface area contributed by atoms with E-state index in [9.17, 15) is 4.79 Å². The topological polar surface area (TPSA) is 29.4 Å². The first-order valence-electron chi connectivity index (χ1n) is 4.03. The van der Waals surface area contributed by atoms with E-state index in [0.717, 1.165) is 5.57 Å². The van der Waals surface area contributed by atoms with Crippen molar-refractivity contribution in [3.8, 4) is 0 Å². The van der Waals surface area contributed by atoms with Crippen molar-refractivity contribution >= 4 is 12.0 Å². The second-order valence-electron chi connectivity index (χ2n) is 3.84. The molecule has 0 atom stereocenters. The van der Waals surface area contributed by atoms with Gasteiger partial charge in [0.1, 0.15) is 0 Å². The number of ketones is 1. The van der Waals surface area contributed by atoms with Crippen LogP contribution in [0.1, 0.15) is 27.7 Å². The van der Waals surface area contributed by atoms with Gasteiger partial charge in [-0.2, -0.15) is 0 Å². The van der Waals surface area contributed by atoms with E-state index < -0.39 is 0 Å². The number of hydrogen-bond acceptors (Lipinski definition) is 2. The molecule has 0 saturated heterocycles. The summed E-state index contributed by atoms with van der Waals surface area (Å²) in [7, 11) is 1.69. The van der Waals surface area contributed by atoms with E-state index in [1.165, 1.54) is 0 Å². The summed E-state index contributed by atoms with van der Waals surface area (Å²) in [6.07, 6.45) is 3.38. The average Bonchev–Trinajstić information content (AvgIpc) is 1.97. The zero-order chi connectivity index (χ0) is 9.78. The molecule has 0 aromatic heterocycles. The van der Waals surface area contributed by atoms with Gasteiger partial charge in [-0.3, -0.25) is 9.79 Å². The third-order valence-corrected chi connectivity index (χ3v) is 1.51. The molecule has 0 fully saturated rings. The molecule has 0 amide bonds. The fourth-order valence-corrected chi connectivity index (χ4v) is 0.854. The molecule has 0 radical (unpaired) electrons. The maximum absolute atomic E-state index is 11.5. The van der Waals surface area contributed by atoms with Crippen LogP contribution in [0.4, 0.5) is 0 Å². The number of carbonyl (C=O) groups is 1. The van der Waals surface area contributed by atoms with Gasteiger partial charge in [-0.25, -0.2) is 0 Å². The number of rotatable bonds is 2. The van der Waals surface area contributed by atoms with Crippen molar-refractivity contribution in [2.45, 2.75) is 27.7 Å². The lowest BCUT2D eigenvalue weighted by molar-refractivity contribution is -0.122. The van der Waals surface area contributed by atoms with Crippen LogP contribution >= 0.6 is 0 Å². The van der Waals surface area contributed by atoms with Gasteiger partial charge in [0, 0.05) is 18.7 Å². The van der Waals surface area contributed by atoms with Crippen LogP contribution in [0.5, 0.6) is 0 Å². The van der Waals surface area contributed by atoms with Crippen LogP contribution in [0.3, 0.4) is 0 Å². The number of allylic oxidation sites excluding steroid dienone is 2. The largest absolute Gasteiger partial charge is 0.297 e. The van der Waals surface area contributed by atoms with E-state index in [1.54, 1.807) is 19.3 Å². The predicted molar refractivity (Wildman–Crippen MR) is 52.6 cm³/mol. The Balaban J connectivity index is 4.51. The lowest BCUT2D eigenvalue weighted by atomic mass is 9.87. The van der Waals surface area contributed by atoms with Gasteiger partial charge in [0.2, 0.25) is 0 Å². The molecule has 2 heteroatoms. The van der Waals surface area contributed by atoms with Gasteiger partial charge in [-0.05, 0) is 18.6 Å². The van der Waals surface area contributed by atoms with Gasteiger partial charge in [0.25, 0.3) is 0 Å². The molecule has 0 bridgehead atoms. The second kappa shape index (κ2) is 4.19. The van der Waals surface area contributed by atoms with Gasteiger partial charge in [0.15, 0.2) is 5.78 Å². The zero-order valence-electron chi connectivity index (χ0n) is 8.51. The van der Waals surface area contributed by atoms with Crippen LogP contribution in [0.2, 0.25) is 0 Å². The highest BCUT2D eigenvalue weighted by atomic mass is 16.1. The lowest BCUT2D eigenvalue weighted by Crippen LogP contribution is -2.20. The maximum Gasteiger partial charge on any atom is 0.163 e. The fraction of sp³-hybridized carbons (Fsp3) is 0.600. The number of aliphatic imine (C=N–C) groups is 1. The van der Waals surface area contributed by atoms with Crippen molar-refractivity contribution in [1.29, 1.82) is 0 Å². The monoisotopic (exact) mass is 167 g/mol. The SMILES string of the molecule is C/N=C\C=C(/C)C(=O)C(C)(C)C. The minimum Gasteiger partial charge on any atom is -0.297 e. The van der Waals surface area contributed by atoms with Gasteiger partial charge in [0.05, 0.1) is 0 Å². The molecule has 0 saturated carbocycles. The first-order chi connectivity index (χ1) is 5.39. The molecule has 0 rings (SSSR count). The quantitative estimate of drug-likeness (QED) is 0.458. The summed E-state index contributed by atoms with van der Waals surface area (Å²) < 4.78 is 0. The molecular weight excluding hydrogens is 150 g/mol. The lowest BCUT2D eigenvalue weighted by Gasteiger charge is -2.16. The number of nitrogens with zero attached hydrogens (tertiary/aromatic N) is 1. The number of Topliss-reactive ketones (excluding diaryl/α,β-unsaturated/α-hetero) is 1. The molecule has 0 spiro atoms. The molecule has 68 valence electrons. The smallest absolute Gasteiger partial charge is 0.163 e. The van der Waals surface area contributed by atoms with Crippen LogP contribution in [-0.4, -0.2) is 19.0 Å². The van der Waals surface area contributed by atoms with Crippen LogP contribution < -0.4 is 0 Å². The molecule has 0 aliphatic rings. The van der Waals surface area contributed by atoms with E-state index in [2.05, 4.69) is 4.99 Å². The van der Waals surface area contributed by atoms with Crippen molar-refractivity contribution < 1.29 is 4.79 Å². The molecule has 0 heterocycles. The highest BCUT2D eigenvalue weighted by Gasteiger charge is 2.21. The summed E-state index contributed by atoms with van der Waals surface area (Å²) in [5.41, 5.74) is 0.468. The Morgan fingerprint density at radius 1 is 1.33 bits per heavy atom. The number of hydrogen-bond donors (Lipinski definition) is 0. The molecule has 0 N–H and O–H groups in total. The third-order valence-electron chi connectivity index (χ3n) is 1.51. The van der Waals surface area contributed by atoms with Crippen LogP contribution in [0.15, 0.2) is 16.6 Å². The summed E-state index contributed by atoms with van der Waals surface area (Å²) in [6.45, 7) is 7.55. The third kappa shape index (κ3) is 3.46. The van der Waals surface area contributed by atoms with E-state index in [-0.39, 0.29) is 11.2 Å². The highest BCUT2D eigenvalue weighted by Crippen LogP contribution is 2.18. The van der Waals surface area contributed by atoms with Gasteiger partial charge < -0.3 is 0 Å². The van der Waals surface area contributed by atoms with E-state index >= 15 is 0 Å². The zero-order valence-corrected chi connectivity index (χ0v) is 8.51. The van der Waals surface area contributed by atoms with Gasteiger partial charge in [-0.15, -0.1) is 0 Å². The predicted octanol–water partition coefficient (Wildman–Crippen LogP) is 2.25. The van der Waals surface area contributed by atoms with Crippen LogP contribution in [0, 0.1) is 5.41 Å². The Morgan fingerprint density at radius 3 is 2.17 bits per heavy atom. The van der Waals surface area contributed by atoms with Crippen molar-refractivity contribution in [1.82, 2.24) is 0 Å². The molecule has 0 aromatic carbocycles. The Morgan fingerprint density at radius 2 is 1.83 bits per heavy atom. The van der Waals surface area contributed by atoms with Crippen molar-refractivity contribution in [3.05, 3.63) is 11.6 Å². The second-order valence-corrected chi connectivity index (χ2v) is 3.84. The normalized spacial score (nSPS) is 13.9. The first kappa shape index (κ1) is 11.1. The van der Waals surface area contributed by atoms with Gasteiger partial charge in [-0.1, -0.05) is 20.8 Å². The minimum absolute atomic E-state index is 0.169. The Bertz CT molecular complexity index is 218. The summed E-state index contributed by atoms with van der Waals surface area (Å²) >= 11 is 0. The molecule has 0 aliphatic heterocycles. The fourth-order valence-electron chi connectivity index (χ4n) is 0.854. The summed E-state index contributed by atoms with van der Waals surface area (Å²) in [6, 6.07) is 0. The molecule has 0 aliphatic carbocycles. The van der Waals surface area contributed by atoms with Crippen LogP contribution in [0.25, 0.3) is 0 Å². The Labute approximate surface area is 74.4 Å². The summed E-state index contributed by atoms with van der Waals surface area (Å²) in [4.78, 5) is 15.3. The molecule has 12 heavy (non-hydrogen) atoms. The standard InChI is InChI=1S/C10H17NO/c1-8(6-7-11-5)9(12)10(2,3)4/h6-7H,1-5H3/b8-6+,11-7-. The molecule has 2 nitrogen and oxygen atoms in total. The van der Waals surface area contributed by atoms with E-state index in [1.807, 2.05) is 27.7 Å². The summed E-state index contributed by atoms with van der Waals surface area (Å²) in [5, 5.41) is 0. The van der Waals surface area contributed by atoms with Crippen molar-refractivity contribution in [2.24, 2.45) is 10.4 Å². The maximum atomic E-state index is 11.5. The van der Waals surface area contributed by atoms with Gasteiger partial charge >= 0.3 is 0 Å². The van der Waals surface area contributed by atoms with E-state index in [4.69, 9.17) is 0 Å². The van der Waals surface area contributed by atoms with Crippen molar-refractivity contribution in [2.75, 3.05) is 7.05 Å². The molecule has 0 unspecified atom stereocenters. The first-order valence-corrected chi connectivity index (χ1v) is 4.03. The highest BCUT2D eigenvalue weighted by molar-refractivity contribution is 6.01. The van der Waals surface area contributed by atoms with Crippen molar-refractivity contribution in [3.63, 3.8) is 0 Å². The Kier molecular flexibility index (Phi) is 3.87. The molecular formula is C10H17NO. The summed E-state index contributed by atoms with van der Waals surface area (Å²) in [5.74, 6) is 0.169. The van der Waals surface area contributed by atoms with Crippen LogP contribution in [-0.2, 0) is 4.79 Å². The molecule has 0 aromatic rings. The number of carbonyl (C=O) groups excluding carboxylic acids is 1. The Hall–Kier alpha value is -0.920.